The first-order chi connectivity index (χ1) is 10.4. The van der Waals surface area contributed by atoms with Crippen molar-refractivity contribution < 1.29 is 14.3 Å². The number of esters is 1. The van der Waals surface area contributed by atoms with Crippen molar-refractivity contribution in [3.05, 3.63) is 50.7 Å². The van der Waals surface area contributed by atoms with Crippen molar-refractivity contribution in [3.8, 4) is 0 Å². The molecule has 0 radical (unpaired) electrons. The van der Waals surface area contributed by atoms with Crippen LogP contribution in [0, 0.1) is 27.7 Å². The number of anilines is 1. The first-order valence-corrected chi connectivity index (χ1v) is 7.80. The highest BCUT2D eigenvalue weighted by Crippen LogP contribution is 2.21. The number of hydrogen-bond donors (Lipinski definition) is 1. The molecule has 116 valence electrons. The van der Waals surface area contributed by atoms with Crippen LogP contribution < -0.4 is 5.32 Å². The molecule has 5 heteroatoms. The van der Waals surface area contributed by atoms with Crippen LogP contribution in [0.2, 0.25) is 0 Å². The van der Waals surface area contributed by atoms with E-state index >= 15 is 0 Å². The fourth-order valence-electron chi connectivity index (χ4n) is 2.12. The fraction of sp³-hybridized carbons (Fsp3) is 0.294. The van der Waals surface area contributed by atoms with Crippen LogP contribution in [0.1, 0.15) is 31.2 Å². The zero-order chi connectivity index (χ0) is 16.3. The lowest BCUT2D eigenvalue weighted by atomic mass is 10.1. The molecule has 0 saturated carbocycles. The highest BCUT2D eigenvalue weighted by atomic mass is 32.1. The van der Waals surface area contributed by atoms with Crippen LogP contribution >= 0.6 is 11.3 Å². The number of rotatable bonds is 4. The Balaban J connectivity index is 1.94. The zero-order valence-electron chi connectivity index (χ0n) is 13.1. The molecule has 0 spiro atoms. The molecule has 0 saturated heterocycles. The van der Waals surface area contributed by atoms with Gasteiger partial charge in [-0.3, -0.25) is 4.79 Å². The fourth-order valence-corrected chi connectivity index (χ4v) is 3.03. The summed E-state index contributed by atoms with van der Waals surface area (Å²) >= 11 is 1.54. The molecule has 2 aromatic rings. The van der Waals surface area contributed by atoms with Crippen LogP contribution in [0.15, 0.2) is 24.3 Å². The van der Waals surface area contributed by atoms with E-state index in [1.165, 1.54) is 11.3 Å². The second kappa shape index (κ2) is 6.75. The molecule has 1 amide bonds. The maximum atomic E-state index is 12.0. The Kier molecular flexibility index (Phi) is 4.98. The molecule has 0 unspecified atom stereocenters. The summed E-state index contributed by atoms with van der Waals surface area (Å²) in [4.78, 5) is 25.8. The van der Waals surface area contributed by atoms with E-state index in [2.05, 4.69) is 5.32 Å². The number of nitrogens with one attached hydrogen (secondary N) is 1. The molecule has 1 aromatic heterocycles. The van der Waals surface area contributed by atoms with Gasteiger partial charge in [-0.05, 0) is 51.0 Å². The van der Waals surface area contributed by atoms with Gasteiger partial charge in [0.2, 0.25) is 0 Å². The molecule has 0 bridgehead atoms. The normalized spacial score (nSPS) is 10.4. The number of amides is 1. The lowest BCUT2D eigenvalue weighted by Gasteiger charge is -2.10. The monoisotopic (exact) mass is 317 g/mol. The minimum Gasteiger partial charge on any atom is -0.452 e. The smallest absolute Gasteiger partial charge is 0.339 e. The second-order valence-corrected chi connectivity index (χ2v) is 6.66. The van der Waals surface area contributed by atoms with Crippen LogP contribution in [0.4, 0.5) is 5.69 Å². The van der Waals surface area contributed by atoms with Gasteiger partial charge in [-0.1, -0.05) is 12.1 Å². The number of aryl methyl sites for hydroxylation is 3. The molecule has 0 fully saturated rings. The van der Waals surface area contributed by atoms with Crippen LogP contribution in [0.25, 0.3) is 0 Å². The lowest BCUT2D eigenvalue weighted by Crippen LogP contribution is -2.21. The van der Waals surface area contributed by atoms with Gasteiger partial charge in [0.1, 0.15) is 0 Å². The Labute approximate surface area is 134 Å². The molecule has 0 atom stereocenters. The molecule has 1 heterocycles. The standard InChI is InChI=1S/C17H19NO3S/c1-10-6-5-7-15(12(10)3)18-16(19)9-21-17(20)14-8-11(2)22-13(14)4/h5-8H,9H2,1-4H3,(H,18,19). The van der Waals surface area contributed by atoms with Gasteiger partial charge in [0.15, 0.2) is 6.61 Å². The molecular weight excluding hydrogens is 298 g/mol. The molecule has 0 aliphatic rings. The number of hydrogen-bond acceptors (Lipinski definition) is 4. The summed E-state index contributed by atoms with van der Waals surface area (Å²) in [6.07, 6.45) is 0. The van der Waals surface area contributed by atoms with Crippen molar-refractivity contribution in [3.63, 3.8) is 0 Å². The van der Waals surface area contributed by atoms with Gasteiger partial charge in [0.25, 0.3) is 5.91 Å². The second-order valence-electron chi connectivity index (χ2n) is 5.20. The van der Waals surface area contributed by atoms with Gasteiger partial charge in [0, 0.05) is 15.4 Å². The summed E-state index contributed by atoms with van der Waals surface area (Å²) < 4.78 is 5.08. The molecule has 1 N–H and O–H groups in total. The van der Waals surface area contributed by atoms with Crippen LogP contribution in [-0.2, 0) is 9.53 Å². The quantitative estimate of drug-likeness (QED) is 0.873. The Bertz CT molecular complexity index is 719. The van der Waals surface area contributed by atoms with Gasteiger partial charge < -0.3 is 10.1 Å². The van der Waals surface area contributed by atoms with Crippen LogP contribution in [-0.4, -0.2) is 18.5 Å². The van der Waals surface area contributed by atoms with Crippen LogP contribution in [0.3, 0.4) is 0 Å². The van der Waals surface area contributed by atoms with Gasteiger partial charge in [0.05, 0.1) is 5.56 Å². The largest absolute Gasteiger partial charge is 0.452 e. The number of benzene rings is 1. The molecule has 2 rings (SSSR count). The van der Waals surface area contributed by atoms with Crippen molar-refractivity contribution in [1.29, 1.82) is 0 Å². The average Bonchev–Trinajstić information content (AvgIpc) is 2.80. The van der Waals surface area contributed by atoms with E-state index in [1.807, 2.05) is 45.9 Å². The maximum absolute atomic E-state index is 12.0. The molecule has 0 aliphatic carbocycles. The number of carbonyl (C=O) groups is 2. The van der Waals surface area contributed by atoms with Crippen molar-refractivity contribution in [2.45, 2.75) is 27.7 Å². The van der Waals surface area contributed by atoms with E-state index < -0.39 is 5.97 Å². The van der Waals surface area contributed by atoms with Gasteiger partial charge in [-0.2, -0.15) is 0 Å². The topological polar surface area (TPSA) is 55.4 Å². The van der Waals surface area contributed by atoms with Gasteiger partial charge >= 0.3 is 5.97 Å². The highest BCUT2D eigenvalue weighted by Gasteiger charge is 2.15. The summed E-state index contributed by atoms with van der Waals surface area (Å²) in [7, 11) is 0. The predicted molar refractivity (Wildman–Crippen MR) is 88.6 cm³/mol. The van der Waals surface area contributed by atoms with Gasteiger partial charge in [-0.15, -0.1) is 11.3 Å². The van der Waals surface area contributed by atoms with Crippen molar-refractivity contribution >= 4 is 28.9 Å². The number of thiophene rings is 1. The minimum absolute atomic E-state index is 0.291. The molecule has 0 aliphatic heterocycles. The average molecular weight is 317 g/mol. The van der Waals surface area contributed by atoms with E-state index in [4.69, 9.17) is 4.74 Å². The van der Waals surface area contributed by atoms with E-state index in [1.54, 1.807) is 6.07 Å². The van der Waals surface area contributed by atoms with Crippen molar-refractivity contribution in [2.24, 2.45) is 0 Å². The third kappa shape index (κ3) is 3.74. The molecule has 22 heavy (non-hydrogen) atoms. The molecule has 1 aromatic carbocycles. The summed E-state index contributed by atoms with van der Waals surface area (Å²) in [6.45, 7) is 7.42. The summed E-state index contributed by atoms with van der Waals surface area (Å²) in [5.41, 5.74) is 3.37. The SMILES string of the molecule is Cc1cc(C(=O)OCC(=O)Nc2cccc(C)c2C)c(C)s1. The summed E-state index contributed by atoms with van der Waals surface area (Å²) in [5.74, 6) is -0.801. The third-order valence-corrected chi connectivity index (χ3v) is 4.44. The Hall–Kier alpha value is -2.14. The maximum Gasteiger partial charge on any atom is 0.339 e. The van der Waals surface area contributed by atoms with E-state index in [0.717, 1.165) is 26.6 Å². The van der Waals surface area contributed by atoms with Crippen molar-refractivity contribution in [1.82, 2.24) is 0 Å². The van der Waals surface area contributed by atoms with Gasteiger partial charge in [-0.25, -0.2) is 4.79 Å². The minimum atomic E-state index is -0.460. The molecule has 4 nitrogen and oxygen atoms in total. The Morgan fingerprint density at radius 1 is 1.18 bits per heavy atom. The third-order valence-electron chi connectivity index (χ3n) is 3.47. The summed E-state index contributed by atoms with van der Waals surface area (Å²) in [6, 6.07) is 7.47. The van der Waals surface area contributed by atoms with E-state index in [-0.39, 0.29) is 12.5 Å². The molecular formula is C17H19NO3S. The lowest BCUT2D eigenvalue weighted by molar-refractivity contribution is -0.119. The number of ether oxygens (including phenoxy) is 1. The van der Waals surface area contributed by atoms with Crippen LogP contribution in [0.5, 0.6) is 0 Å². The summed E-state index contributed by atoms with van der Waals surface area (Å²) in [5, 5.41) is 2.76. The van der Waals surface area contributed by atoms with Crippen molar-refractivity contribution in [2.75, 3.05) is 11.9 Å². The Morgan fingerprint density at radius 2 is 1.91 bits per heavy atom. The first kappa shape index (κ1) is 16.2. The first-order valence-electron chi connectivity index (χ1n) is 6.98. The highest BCUT2D eigenvalue weighted by molar-refractivity contribution is 7.12. The van der Waals surface area contributed by atoms with E-state index in [0.29, 0.717) is 5.56 Å². The zero-order valence-corrected chi connectivity index (χ0v) is 14.0. The van der Waals surface area contributed by atoms with E-state index in [9.17, 15) is 9.59 Å². The Morgan fingerprint density at radius 3 is 2.55 bits per heavy atom. The number of carbonyl (C=O) groups excluding carboxylic acids is 2. The predicted octanol–water partition coefficient (Wildman–Crippen LogP) is 3.78.